The predicted octanol–water partition coefficient (Wildman–Crippen LogP) is 2.19. The van der Waals surface area contributed by atoms with E-state index < -0.39 is 12.0 Å². The van der Waals surface area contributed by atoms with E-state index >= 15 is 0 Å². The highest BCUT2D eigenvalue weighted by molar-refractivity contribution is 7.22. The van der Waals surface area contributed by atoms with Gasteiger partial charge in [-0.3, -0.25) is 19.9 Å². The van der Waals surface area contributed by atoms with Crippen molar-refractivity contribution in [3.63, 3.8) is 0 Å². The minimum atomic E-state index is -0.735. The zero-order valence-corrected chi connectivity index (χ0v) is 13.9. The largest absolute Gasteiger partial charge is 0.494 e. The SMILES string of the molecule is CCOc1ccc2nc(NC(=O)C3=CC(=O)C(OC)C=N3)sc2c1. The molecular formula is C16H15N3O4S. The molecule has 1 atom stereocenters. The molecule has 1 N–H and O–H groups in total. The van der Waals surface area contributed by atoms with Crippen LogP contribution in [-0.4, -0.2) is 42.7 Å². The fourth-order valence-corrected chi connectivity index (χ4v) is 3.04. The minimum Gasteiger partial charge on any atom is -0.494 e. The van der Waals surface area contributed by atoms with Crippen molar-refractivity contribution in [2.45, 2.75) is 13.0 Å². The molecule has 1 unspecified atom stereocenters. The molecule has 8 heteroatoms. The van der Waals surface area contributed by atoms with Gasteiger partial charge in [-0.25, -0.2) is 4.98 Å². The third-order valence-electron chi connectivity index (χ3n) is 3.29. The molecule has 0 aliphatic carbocycles. The first-order valence-electron chi connectivity index (χ1n) is 7.28. The van der Waals surface area contributed by atoms with Crippen LogP contribution in [0.2, 0.25) is 0 Å². The van der Waals surface area contributed by atoms with Crippen LogP contribution in [0, 0.1) is 0 Å². The summed E-state index contributed by atoms with van der Waals surface area (Å²) in [6, 6.07) is 5.53. The fraction of sp³-hybridized carbons (Fsp3) is 0.250. The Balaban J connectivity index is 1.76. The molecular weight excluding hydrogens is 330 g/mol. The molecule has 1 aromatic heterocycles. The minimum absolute atomic E-state index is 0.0301. The van der Waals surface area contributed by atoms with Crippen LogP contribution >= 0.6 is 11.3 Å². The van der Waals surface area contributed by atoms with Crippen molar-refractivity contribution in [1.29, 1.82) is 0 Å². The van der Waals surface area contributed by atoms with Gasteiger partial charge in [0.2, 0.25) is 0 Å². The number of ketones is 1. The number of fused-ring (bicyclic) bond motifs is 1. The topological polar surface area (TPSA) is 89.9 Å². The molecule has 3 rings (SSSR count). The van der Waals surface area contributed by atoms with Crippen LogP contribution in [0.5, 0.6) is 5.75 Å². The maximum atomic E-state index is 12.2. The van der Waals surface area contributed by atoms with Crippen molar-refractivity contribution in [2.24, 2.45) is 4.99 Å². The monoisotopic (exact) mass is 345 g/mol. The summed E-state index contributed by atoms with van der Waals surface area (Å²) in [6.45, 7) is 2.49. The van der Waals surface area contributed by atoms with Crippen molar-refractivity contribution in [2.75, 3.05) is 19.0 Å². The van der Waals surface area contributed by atoms with Crippen molar-refractivity contribution in [3.8, 4) is 5.75 Å². The first-order chi connectivity index (χ1) is 11.6. The average molecular weight is 345 g/mol. The average Bonchev–Trinajstić information content (AvgIpc) is 2.96. The summed E-state index contributed by atoms with van der Waals surface area (Å²) in [4.78, 5) is 32.2. The van der Waals surface area contributed by atoms with Crippen molar-refractivity contribution < 1.29 is 19.1 Å². The molecule has 0 spiro atoms. The maximum Gasteiger partial charge on any atom is 0.276 e. The molecule has 0 saturated heterocycles. The molecule has 0 fully saturated rings. The number of amides is 1. The molecule has 24 heavy (non-hydrogen) atoms. The summed E-state index contributed by atoms with van der Waals surface area (Å²) in [6.07, 6.45) is 1.74. The van der Waals surface area contributed by atoms with E-state index in [2.05, 4.69) is 15.3 Å². The van der Waals surface area contributed by atoms with Crippen LogP contribution in [0.25, 0.3) is 10.2 Å². The number of rotatable bonds is 5. The van der Waals surface area contributed by atoms with Crippen LogP contribution in [0.15, 0.2) is 35.0 Å². The summed E-state index contributed by atoms with van der Waals surface area (Å²) < 4.78 is 11.3. The summed E-state index contributed by atoms with van der Waals surface area (Å²) in [5, 5.41) is 3.09. The van der Waals surface area contributed by atoms with Gasteiger partial charge in [-0.1, -0.05) is 11.3 Å². The molecule has 124 valence electrons. The number of carbonyl (C=O) groups is 2. The smallest absolute Gasteiger partial charge is 0.276 e. The number of anilines is 1. The zero-order chi connectivity index (χ0) is 17.1. The molecule has 0 bridgehead atoms. The van der Waals surface area contributed by atoms with E-state index in [1.807, 2.05) is 25.1 Å². The summed E-state index contributed by atoms with van der Waals surface area (Å²) >= 11 is 1.32. The Morgan fingerprint density at radius 3 is 2.96 bits per heavy atom. The van der Waals surface area contributed by atoms with Gasteiger partial charge in [0.15, 0.2) is 17.0 Å². The van der Waals surface area contributed by atoms with E-state index in [1.54, 1.807) is 0 Å². The van der Waals surface area contributed by atoms with Crippen molar-refractivity contribution in [3.05, 3.63) is 30.0 Å². The van der Waals surface area contributed by atoms with Crippen LogP contribution in [0.4, 0.5) is 5.13 Å². The number of hydrogen-bond acceptors (Lipinski definition) is 7. The van der Waals surface area contributed by atoms with E-state index in [1.165, 1.54) is 30.7 Å². The Kier molecular flexibility index (Phi) is 4.68. The second-order valence-corrected chi connectivity index (χ2v) is 5.93. The van der Waals surface area contributed by atoms with Gasteiger partial charge in [0, 0.05) is 19.4 Å². The Morgan fingerprint density at radius 1 is 1.42 bits per heavy atom. The second kappa shape index (κ2) is 6.90. The van der Waals surface area contributed by atoms with E-state index in [-0.39, 0.29) is 11.5 Å². The third-order valence-corrected chi connectivity index (χ3v) is 4.22. The number of hydrogen-bond donors (Lipinski definition) is 1. The quantitative estimate of drug-likeness (QED) is 0.897. The summed E-state index contributed by atoms with van der Waals surface area (Å²) in [7, 11) is 1.41. The molecule has 1 aromatic carbocycles. The number of aliphatic imine (C=N–C) groups is 1. The fourth-order valence-electron chi connectivity index (χ4n) is 2.15. The lowest BCUT2D eigenvalue weighted by Crippen LogP contribution is -2.28. The highest BCUT2D eigenvalue weighted by Gasteiger charge is 2.22. The van der Waals surface area contributed by atoms with Gasteiger partial charge in [0.25, 0.3) is 5.91 Å². The number of ether oxygens (including phenoxy) is 2. The Morgan fingerprint density at radius 2 is 2.25 bits per heavy atom. The Bertz CT molecular complexity index is 856. The summed E-state index contributed by atoms with van der Waals surface area (Å²) in [5.74, 6) is -0.0520. The highest BCUT2D eigenvalue weighted by Crippen LogP contribution is 2.29. The molecule has 1 aliphatic heterocycles. The van der Waals surface area contributed by atoms with Gasteiger partial charge < -0.3 is 9.47 Å². The lowest BCUT2D eigenvalue weighted by molar-refractivity contribution is -0.121. The molecule has 2 heterocycles. The molecule has 1 aliphatic rings. The molecule has 2 aromatic rings. The number of nitrogens with zero attached hydrogens (tertiary/aromatic N) is 2. The lowest BCUT2D eigenvalue weighted by atomic mass is 10.1. The number of carbonyl (C=O) groups excluding carboxylic acids is 2. The first kappa shape index (κ1) is 16.3. The number of benzene rings is 1. The van der Waals surface area contributed by atoms with E-state index in [4.69, 9.17) is 9.47 Å². The van der Waals surface area contributed by atoms with E-state index in [0.29, 0.717) is 11.7 Å². The van der Waals surface area contributed by atoms with Gasteiger partial charge >= 0.3 is 0 Å². The summed E-state index contributed by atoms with van der Waals surface area (Å²) in [5.41, 5.74) is 0.790. The van der Waals surface area contributed by atoms with E-state index in [9.17, 15) is 9.59 Å². The Labute approximate surface area is 142 Å². The van der Waals surface area contributed by atoms with Crippen LogP contribution in [-0.2, 0) is 14.3 Å². The molecule has 0 saturated carbocycles. The van der Waals surface area contributed by atoms with E-state index in [0.717, 1.165) is 16.0 Å². The van der Waals surface area contributed by atoms with Crippen molar-refractivity contribution in [1.82, 2.24) is 4.98 Å². The number of nitrogens with one attached hydrogen (secondary N) is 1. The lowest BCUT2D eigenvalue weighted by Gasteiger charge is -2.11. The zero-order valence-electron chi connectivity index (χ0n) is 13.1. The third kappa shape index (κ3) is 3.34. The number of thiazole rings is 1. The molecule has 0 radical (unpaired) electrons. The number of methoxy groups -OCH3 is 1. The number of aromatic nitrogens is 1. The van der Waals surface area contributed by atoms with Crippen LogP contribution < -0.4 is 10.1 Å². The molecule has 7 nitrogen and oxygen atoms in total. The second-order valence-electron chi connectivity index (χ2n) is 4.90. The standard InChI is InChI=1S/C16H15N3O4S/c1-3-23-9-4-5-10-14(6-9)24-16(18-10)19-15(21)11-7-12(20)13(22-2)8-17-11/h4-8,13H,3H2,1-2H3,(H,18,19,21). The first-order valence-corrected chi connectivity index (χ1v) is 8.09. The van der Waals surface area contributed by atoms with Crippen LogP contribution in [0.3, 0.4) is 0 Å². The van der Waals surface area contributed by atoms with Gasteiger partial charge in [0.1, 0.15) is 11.4 Å². The predicted molar refractivity (Wildman–Crippen MR) is 91.8 cm³/mol. The highest BCUT2D eigenvalue weighted by atomic mass is 32.1. The van der Waals surface area contributed by atoms with Crippen molar-refractivity contribution >= 4 is 44.6 Å². The van der Waals surface area contributed by atoms with Gasteiger partial charge in [-0.05, 0) is 25.1 Å². The maximum absolute atomic E-state index is 12.2. The van der Waals surface area contributed by atoms with Gasteiger partial charge in [-0.15, -0.1) is 0 Å². The Hall–Kier alpha value is -2.58. The normalized spacial score (nSPS) is 17.0. The van der Waals surface area contributed by atoms with Crippen LogP contribution in [0.1, 0.15) is 6.92 Å². The van der Waals surface area contributed by atoms with Gasteiger partial charge in [0.05, 0.1) is 16.8 Å². The van der Waals surface area contributed by atoms with Gasteiger partial charge in [-0.2, -0.15) is 0 Å². The molecule has 1 amide bonds.